The summed E-state index contributed by atoms with van der Waals surface area (Å²) in [4.78, 5) is 0. The van der Waals surface area contributed by atoms with Crippen molar-refractivity contribution in [1.29, 1.82) is 0 Å². The van der Waals surface area contributed by atoms with E-state index in [0.717, 1.165) is 47.9 Å². The molecule has 0 saturated carbocycles. The van der Waals surface area contributed by atoms with E-state index in [9.17, 15) is 20.4 Å². The van der Waals surface area contributed by atoms with E-state index in [2.05, 4.69) is 48.5 Å². The van der Waals surface area contributed by atoms with Crippen molar-refractivity contribution in [3.05, 3.63) is 70.8 Å². The number of ether oxygens (including phenoxy) is 16. The van der Waals surface area contributed by atoms with Gasteiger partial charge in [-0.2, -0.15) is 0 Å². The van der Waals surface area contributed by atoms with Gasteiger partial charge in [0, 0.05) is 52.9 Å². The van der Waals surface area contributed by atoms with Gasteiger partial charge in [-0.3, -0.25) is 0 Å². The van der Waals surface area contributed by atoms with Crippen molar-refractivity contribution in [2.75, 3.05) is 52.9 Å². The first-order chi connectivity index (χ1) is 43.7. The average Bonchev–Trinajstić information content (AvgIpc) is 0.831. The van der Waals surface area contributed by atoms with E-state index < -0.39 is 50.3 Å². The standard InChI is InChI=1S/C22H38O6.2C18H30O5.C14H22O4.8CH4/c1-9-15(5)19-13-20(26-16(6)23-10-2)22(28-18(8)25-12-4)21(14-19)27-17(7)24-11-3;1-7-12(4)15-10-16(22-13(5)20-8-2)18(19)17(11-15)23-14(6)21-9-3;1-7-12(4)15-10-16(19)18(23-14(6)21-9-3)17(11-15)22-13(5)20-8-2;1-5-9(3)11-7-12(15)14(13(16)8-11)18-10(4)17-6-2;;;;;;;;/h13-18H,9-12H2,1-8H3;2*10-14,19H,7-9H2,1-6H3;7-10,15-16H,5-6H2,1-4H3;8*1H4. The highest BCUT2D eigenvalue weighted by molar-refractivity contribution is 5.56. The van der Waals surface area contributed by atoms with Crippen LogP contribution in [0.25, 0.3) is 0 Å². The molecule has 0 aliphatic carbocycles. The van der Waals surface area contributed by atoms with Crippen molar-refractivity contribution in [2.45, 2.75) is 325 Å². The minimum Gasteiger partial charge on any atom is -0.504 e. The lowest BCUT2D eigenvalue weighted by Crippen LogP contribution is -2.22. The van der Waals surface area contributed by atoms with Crippen LogP contribution in [0, 0.1) is 0 Å². The summed E-state index contributed by atoms with van der Waals surface area (Å²) < 4.78 is 90.0. The molecule has 0 bridgehead atoms. The van der Waals surface area contributed by atoms with Crippen molar-refractivity contribution in [1.82, 2.24) is 0 Å². The minimum atomic E-state index is -0.513. The molecule has 4 rings (SSSR count). The van der Waals surface area contributed by atoms with Gasteiger partial charge < -0.3 is 96.2 Å². The van der Waals surface area contributed by atoms with E-state index in [-0.39, 0.29) is 99.8 Å². The molecule has 592 valence electrons. The Morgan fingerprint density at radius 3 is 0.640 bits per heavy atom. The average molecular weight is 1430 g/mol. The normalized spacial score (nSPS) is 13.8. The summed E-state index contributed by atoms with van der Waals surface area (Å²) in [6.45, 7) is 50.9. The zero-order valence-electron chi connectivity index (χ0n) is 60.4. The van der Waals surface area contributed by atoms with Crippen LogP contribution in [-0.2, 0) is 37.9 Å². The summed E-state index contributed by atoms with van der Waals surface area (Å²) in [7, 11) is 0. The number of aromatic hydroxyl groups is 4. The molecule has 0 fully saturated rings. The molecule has 0 radical (unpaired) electrons. The molecule has 0 amide bonds. The first-order valence-corrected chi connectivity index (χ1v) is 33.4. The first-order valence-electron chi connectivity index (χ1n) is 33.4. The lowest BCUT2D eigenvalue weighted by molar-refractivity contribution is -0.0849. The lowest BCUT2D eigenvalue weighted by atomic mass is 9.98. The van der Waals surface area contributed by atoms with Gasteiger partial charge in [-0.1, -0.05) is 115 Å². The fourth-order valence-electron chi connectivity index (χ4n) is 8.85. The molecule has 4 aromatic carbocycles. The molecule has 20 heteroatoms. The molecule has 12 atom stereocenters. The lowest BCUT2D eigenvalue weighted by Gasteiger charge is -2.25. The van der Waals surface area contributed by atoms with Gasteiger partial charge in [-0.25, -0.2) is 0 Å². The Labute approximate surface area is 611 Å². The van der Waals surface area contributed by atoms with E-state index in [0.29, 0.717) is 105 Å². The van der Waals surface area contributed by atoms with Crippen molar-refractivity contribution in [2.24, 2.45) is 0 Å². The Morgan fingerprint density at radius 1 is 0.230 bits per heavy atom. The SMILES string of the molecule is C.C.C.C.C.C.C.C.CCOC(C)Oc1c(O)cc(C(C)CC)cc1O.CCOC(C)Oc1cc(C(C)CC)cc(O)c1OC(C)OCC.CCOC(C)Oc1cc(C(C)CC)cc(OC(C)OCC)c1O.CCOC(C)Oc1cc(C(C)CC)cc(OC(C)OCC)c1OC(C)OCC. The molecule has 4 N–H and O–H groups in total. The van der Waals surface area contributed by atoms with Gasteiger partial charge in [-0.05, 0) is 231 Å². The minimum absolute atomic E-state index is 0. The molecular weight excluding hydrogens is 1280 g/mol. The highest BCUT2D eigenvalue weighted by atomic mass is 16.7. The molecule has 0 aliphatic heterocycles. The van der Waals surface area contributed by atoms with Crippen molar-refractivity contribution >= 4 is 0 Å². The summed E-state index contributed by atoms with van der Waals surface area (Å²) in [6.07, 6.45) is 0.270. The van der Waals surface area contributed by atoms with Crippen LogP contribution >= 0.6 is 0 Å². The molecule has 0 heterocycles. The highest BCUT2D eigenvalue weighted by Gasteiger charge is 2.25. The zero-order valence-corrected chi connectivity index (χ0v) is 60.4. The van der Waals surface area contributed by atoms with Crippen LogP contribution in [0.2, 0.25) is 0 Å². The van der Waals surface area contributed by atoms with Crippen molar-refractivity contribution in [3.63, 3.8) is 0 Å². The second-order valence-corrected chi connectivity index (χ2v) is 21.8. The van der Waals surface area contributed by atoms with Gasteiger partial charge in [0.25, 0.3) is 0 Å². The molecular formula is C80H152O20. The smallest absolute Gasteiger partial charge is 0.206 e. The van der Waals surface area contributed by atoms with Crippen LogP contribution in [0.15, 0.2) is 48.5 Å². The number of hydrogen-bond acceptors (Lipinski definition) is 20. The third-order valence-electron chi connectivity index (χ3n) is 14.5. The molecule has 4 aromatic rings. The Morgan fingerprint density at radius 2 is 0.400 bits per heavy atom. The van der Waals surface area contributed by atoms with Crippen LogP contribution in [-0.4, -0.2) is 124 Å². The second-order valence-electron chi connectivity index (χ2n) is 21.8. The number of benzene rings is 4. The predicted molar refractivity (Wildman–Crippen MR) is 415 cm³/mol. The fourth-order valence-corrected chi connectivity index (χ4v) is 8.85. The van der Waals surface area contributed by atoms with Gasteiger partial charge in [0.15, 0.2) is 96.3 Å². The van der Waals surface area contributed by atoms with Crippen LogP contribution in [0.3, 0.4) is 0 Å². The van der Waals surface area contributed by atoms with Crippen LogP contribution in [0.5, 0.6) is 69.0 Å². The van der Waals surface area contributed by atoms with E-state index >= 15 is 0 Å². The van der Waals surface area contributed by atoms with E-state index in [1.54, 1.807) is 45.9 Å². The van der Waals surface area contributed by atoms with Crippen molar-refractivity contribution < 1.29 is 96.2 Å². The quantitative estimate of drug-likeness (QED) is 0.0303. The Bertz CT molecular complexity index is 2510. The summed E-state index contributed by atoms with van der Waals surface area (Å²) in [6, 6.07) is 14.6. The molecule has 100 heavy (non-hydrogen) atoms. The Balaban J connectivity index is -0.000000185. The van der Waals surface area contributed by atoms with Gasteiger partial charge in [-0.15, -0.1) is 0 Å². The predicted octanol–water partition coefficient (Wildman–Crippen LogP) is 22.8. The van der Waals surface area contributed by atoms with E-state index in [4.69, 9.17) is 75.8 Å². The maximum atomic E-state index is 10.4. The van der Waals surface area contributed by atoms with Gasteiger partial charge in [0.2, 0.25) is 23.0 Å². The largest absolute Gasteiger partial charge is 0.504 e. The maximum Gasteiger partial charge on any atom is 0.206 e. The van der Waals surface area contributed by atoms with Crippen molar-refractivity contribution in [3.8, 4) is 69.0 Å². The number of phenolic OH excluding ortho intramolecular Hbond substituents is 4. The van der Waals surface area contributed by atoms with Gasteiger partial charge in [0.05, 0.1) is 0 Å². The van der Waals surface area contributed by atoms with E-state index in [1.165, 1.54) is 0 Å². The monoisotopic (exact) mass is 1430 g/mol. The third kappa shape index (κ3) is 40.1. The molecule has 0 spiro atoms. The summed E-state index contributed by atoms with van der Waals surface area (Å²) >= 11 is 0. The van der Waals surface area contributed by atoms with E-state index in [1.807, 2.05) is 120 Å². The first kappa shape index (κ1) is 110. The number of phenols is 4. The maximum absolute atomic E-state index is 10.4. The third-order valence-corrected chi connectivity index (χ3v) is 14.5. The fraction of sp³-hybridized carbons (Fsp3) is 0.700. The van der Waals surface area contributed by atoms with Crippen LogP contribution < -0.4 is 37.9 Å². The summed E-state index contributed by atoms with van der Waals surface area (Å²) in [5, 5.41) is 40.6. The Hall–Kier alpha value is -5.84. The summed E-state index contributed by atoms with van der Waals surface area (Å²) in [5.74, 6) is 4.34. The molecule has 0 aromatic heterocycles. The Kier molecular flexibility index (Phi) is 66.8. The summed E-state index contributed by atoms with van der Waals surface area (Å²) in [5.41, 5.74) is 4.04. The topological polar surface area (TPSA) is 229 Å². The molecule has 0 saturated heterocycles. The zero-order chi connectivity index (χ0) is 69.6. The second kappa shape index (κ2) is 60.7. The number of hydrogen-bond donors (Lipinski definition) is 4. The van der Waals surface area contributed by atoms with Crippen LogP contribution in [0.1, 0.15) is 297 Å². The molecule has 12 unspecified atom stereocenters. The number of rotatable bonds is 40. The highest BCUT2D eigenvalue weighted by Crippen LogP contribution is 2.45. The molecule has 20 nitrogen and oxygen atoms in total. The molecule has 0 aliphatic rings. The van der Waals surface area contributed by atoms with Crippen LogP contribution in [0.4, 0.5) is 0 Å². The van der Waals surface area contributed by atoms with Gasteiger partial charge >= 0.3 is 0 Å². The van der Waals surface area contributed by atoms with Gasteiger partial charge in [0.1, 0.15) is 0 Å².